The molecule has 8 heteroatoms. The maximum atomic E-state index is 12.3. The van der Waals surface area contributed by atoms with Gasteiger partial charge in [0.15, 0.2) is 5.82 Å². The standard InChI is InChI=1S/C18H18N4O4/c1-21-11-9-19-18(21)17(26)12-2-4-13(5-3-12)20-14(23)8-10-22-15(24)6-7-16(22)25/h2-5,9,11H,6-8,10H2,1H3,(H,20,23). The van der Waals surface area contributed by atoms with Crippen molar-refractivity contribution < 1.29 is 19.2 Å². The number of benzene rings is 1. The van der Waals surface area contributed by atoms with E-state index in [1.54, 1.807) is 48.3 Å². The number of nitrogens with one attached hydrogen (secondary N) is 1. The Bertz CT molecular complexity index is 854. The zero-order chi connectivity index (χ0) is 18.7. The maximum absolute atomic E-state index is 12.3. The molecule has 8 nitrogen and oxygen atoms in total. The van der Waals surface area contributed by atoms with Crippen LogP contribution in [0.5, 0.6) is 0 Å². The van der Waals surface area contributed by atoms with Crippen LogP contribution in [0, 0.1) is 0 Å². The van der Waals surface area contributed by atoms with E-state index in [1.807, 2.05) is 0 Å². The average Bonchev–Trinajstić information content (AvgIpc) is 3.19. The van der Waals surface area contributed by atoms with Crippen molar-refractivity contribution in [1.82, 2.24) is 14.5 Å². The highest BCUT2D eigenvalue weighted by molar-refractivity contribution is 6.07. The molecular weight excluding hydrogens is 336 g/mol. The molecule has 1 aromatic carbocycles. The van der Waals surface area contributed by atoms with Crippen LogP contribution >= 0.6 is 0 Å². The normalized spacial score (nSPS) is 14.0. The molecule has 1 saturated heterocycles. The summed E-state index contributed by atoms with van der Waals surface area (Å²) in [6, 6.07) is 6.47. The number of hydrogen-bond donors (Lipinski definition) is 1. The molecule has 26 heavy (non-hydrogen) atoms. The third kappa shape index (κ3) is 3.69. The van der Waals surface area contributed by atoms with Crippen LogP contribution in [0.3, 0.4) is 0 Å². The van der Waals surface area contributed by atoms with Gasteiger partial charge in [0.1, 0.15) is 0 Å². The highest BCUT2D eigenvalue weighted by Gasteiger charge is 2.28. The lowest BCUT2D eigenvalue weighted by Crippen LogP contribution is -2.32. The summed E-state index contributed by atoms with van der Waals surface area (Å²) in [4.78, 5) is 52.5. The lowest BCUT2D eigenvalue weighted by molar-refractivity contribution is -0.138. The first-order valence-electron chi connectivity index (χ1n) is 8.21. The molecule has 0 aliphatic carbocycles. The fraction of sp³-hybridized carbons (Fsp3) is 0.278. The van der Waals surface area contributed by atoms with Crippen molar-refractivity contribution >= 4 is 29.2 Å². The molecule has 2 aromatic rings. The molecule has 0 spiro atoms. The Labute approximate surface area is 149 Å². The Morgan fingerprint density at radius 3 is 2.35 bits per heavy atom. The Morgan fingerprint density at radius 2 is 1.77 bits per heavy atom. The zero-order valence-electron chi connectivity index (χ0n) is 14.3. The molecule has 3 amide bonds. The summed E-state index contributed by atoms with van der Waals surface area (Å²) >= 11 is 0. The van der Waals surface area contributed by atoms with Crippen LogP contribution in [0.4, 0.5) is 5.69 Å². The number of hydrogen-bond acceptors (Lipinski definition) is 5. The first kappa shape index (κ1) is 17.5. The smallest absolute Gasteiger partial charge is 0.229 e. The summed E-state index contributed by atoms with van der Waals surface area (Å²) in [5, 5.41) is 2.69. The van der Waals surface area contributed by atoms with Gasteiger partial charge >= 0.3 is 0 Å². The molecule has 2 heterocycles. The molecule has 1 N–H and O–H groups in total. The summed E-state index contributed by atoms with van der Waals surface area (Å²) < 4.78 is 1.64. The summed E-state index contributed by atoms with van der Waals surface area (Å²) in [5.74, 6) is -0.649. The number of nitrogens with zero attached hydrogens (tertiary/aromatic N) is 3. The number of rotatable bonds is 6. The molecule has 1 fully saturated rings. The number of aryl methyl sites for hydroxylation is 1. The Balaban J connectivity index is 1.56. The minimum absolute atomic E-state index is 0.0332. The first-order chi connectivity index (χ1) is 12.5. The topological polar surface area (TPSA) is 101 Å². The van der Waals surface area contributed by atoms with Gasteiger partial charge in [-0.15, -0.1) is 0 Å². The van der Waals surface area contributed by atoms with Gasteiger partial charge in [0.2, 0.25) is 23.5 Å². The fourth-order valence-corrected chi connectivity index (χ4v) is 2.73. The lowest BCUT2D eigenvalue weighted by atomic mass is 10.1. The van der Waals surface area contributed by atoms with E-state index in [2.05, 4.69) is 10.3 Å². The Morgan fingerprint density at radius 1 is 1.12 bits per heavy atom. The van der Waals surface area contributed by atoms with Crippen molar-refractivity contribution in [2.75, 3.05) is 11.9 Å². The monoisotopic (exact) mass is 354 g/mol. The van der Waals surface area contributed by atoms with Crippen LogP contribution in [0.2, 0.25) is 0 Å². The van der Waals surface area contributed by atoms with Crippen molar-refractivity contribution in [2.45, 2.75) is 19.3 Å². The van der Waals surface area contributed by atoms with Crippen molar-refractivity contribution in [1.29, 1.82) is 0 Å². The number of amides is 3. The van der Waals surface area contributed by atoms with E-state index >= 15 is 0 Å². The molecule has 0 unspecified atom stereocenters. The zero-order valence-corrected chi connectivity index (χ0v) is 14.3. The molecule has 0 saturated carbocycles. The van der Waals surface area contributed by atoms with E-state index in [-0.39, 0.29) is 49.3 Å². The molecule has 0 bridgehead atoms. The largest absolute Gasteiger partial charge is 0.331 e. The highest BCUT2D eigenvalue weighted by Crippen LogP contribution is 2.15. The number of ketones is 1. The molecule has 134 valence electrons. The van der Waals surface area contributed by atoms with Crippen LogP contribution in [0.1, 0.15) is 35.4 Å². The van der Waals surface area contributed by atoms with Gasteiger partial charge in [0, 0.05) is 56.5 Å². The SMILES string of the molecule is Cn1ccnc1C(=O)c1ccc(NC(=O)CCN2C(=O)CCC2=O)cc1. The second-order valence-corrected chi connectivity index (χ2v) is 6.01. The summed E-state index contributed by atoms with van der Waals surface area (Å²) in [5.41, 5.74) is 0.996. The number of imide groups is 1. The van der Waals surface area contributed by atoms with Gasteiger partial charge < -0.3 is 9.88 Å². The number of likely N-dealkylation sites (tertiary alicyclic amines) is 1. The van der Waals surface area contributed by atoms with Crippen molar-refractivity contribution in [3.8, 4) is 0 Å². The van der Waals surface area contributed by atoms with Gasteiger partial charge in [0.05, 0.1) is 0 Å². The van der Waals surface area contributed by atoms with E-state index in [1.165, 1.54) is 0 Å². The van der Waals surface area contributed by atoms with Gasteiger partial charge in [0.25, 0.3) is 0 Å². The third-order valence-corrected chi connectivity index (χ3v) is 4.17. The maximum Gasteiger partial charge on any atom is 0.229 e. The minimum Gasteiger partial charge on any atom is -0.331 e. The molecule has 1 aliphatic heterocycles. The van der Waals surface area contributed by atoms with Crippen LogP contribution < -0.4 is 5.32 Å². The predicted molar refractivity (Wildman–Crippen MR) is 92.3 cm³/mol. The predicted octanol–water partition coefficient (Wildman–Crippen LogP) is 1.13. The summed E-state index contributed by atoms with van der Waals surface area (Å²) in [6.07, 6.45) is 3.71. The minimum atomic E-state index is -0.305. The van der Waals surface area contributed by atoms with Gasteiger partial charge in [-0.3, -0.25) is 24.1 Å². The van der Waals surface area contributed by atoms with Crippen molar-refractivity contribution in [2.24, 2.45) is 7.05 Å². The Hall–Kier alpha value is -3.29. The fourth-order valence-electron chi connectivity index (χ4n) is 2.73. The second kappa shape index (κ2) is 7.30. The Kier molecular flexibility index (Phi) is 4.92. The van der Waals surface area contributed by atoms with Crippen LogP contribution in [-0.4, -0.2) is 44.5 Å². The third-order valence-electron chi connectivity index (χ3n) is 4.17. The molecule has 0 radical (unpaired) electrons. The van der Waals surface area contributed by atoms with E-state index in [0.29, 0.717) is 17.1 Å². The van der Waals surface area contributed by atoms with E-state index in [0.717, 1.165) is 4.90 Å². The van der Waals surface area contributed by atoms with Crippen LogP contribution in [0.25, 0.3) is 0 Å². The van der Waals surface area contributed by atoms with Crippen LogP contribution in [0.15, 0.2) is 36.7 Å². The quantitative estimate of drug-likeness (QED) is 0.619. The first-order valence-corrected chi connectivity index (χ1v) is 8.21. The molecule has 1 aliphatic rings. The van der Waals surface area contributed by atoms with E-state index in [4.69, 9.17) is 0 Å². The van der Waals surface area contributed by atoms with Gasteiger partial charge in [-0.1, -0.05) is 0 Å². The molecular formula is C18H18N4O4. The van der Waals surface area contributed by atoms with E-state index < -0.39 is 0 Å². The number of imidazole rings is 1. The summed E-state index contributed by atoms with van der Waals surface area (Å²) in [6.45, 7) is 0.0826. The average molecular weight is 354 g/mol. The number of aromatic nitrogens is 2. The van der Waals surface area contributed by atoms with Crippen LogP contribution in [-0.2, 0) is 21.4 Å². The number of anilines is 1. The van der Waals surface area contributed by atoms with Crippen molar-refractivity contribution in [3.63, 3.8) is 0 Å². The number of carbonyl (C=O) groups excluding carboxylic acids is 4. The molecule has 1 aromatic heterocycles. The van der Waals surface area contributed by atoms with Gasteiger partial charge in [-0.2, -0.15) is 0 Å². The molecule has 0 atom stereocenters. The van der Waals surface area contributed by atoms with Gasteiger partial charge in [-0.05, 0) is 24.3 Å². The number of carbonyl (C=O) groups is 4. The van der Waals surface area contributed by atoms with Gasteiger partial charge in [-0.25, -0.2) is 4.98 Å². The highest BCUT2D eigenvalue weighted by atomic mass is 16.2. The van der Waals surface area contributed by atoms with Crippen molar-refractivity contribution in [3.05, 3.63) is 48.0 Å². The second-order valence-electron chi connectivity index (χ2n) is 6.01. The lowest BCUT2D eigenvalue weighted by Gasteiger charge is -2.13. The molecule has 3 rings (SSSR count). The summed E-state index contributed by atoms with van der Waals surface area (Å²) in [7, 11) is 1.74. The van der Waals surface area contributed by atoms with E-state index in [9.17, 15) is 19.2 Å².